The zero-order chi connectivity index (χ0) is 15.0. The van der Waals surface area contributed by atoms with Crippen molar-refractivity contribution in [3.05, 3.63) is 0 Å². The van der Waals surface area contributed by atoms with E-state index in [1.807, 2.05) is 13.8 Å². The fraction of sp³-hybridized carbons (Fsp3) is 0.867. The highest BCUT2D eigenvalue weighted by Gasteiger charge is 2.25. The molecule has 0 heterocycles. The molecular formula is C15H29N3O2. The molecule has 1 atom stereocenters. The minimum Gasteiger partial charge on any atom is -0.355 e. The van der Waals surface area contributed by atoms with E-state index < -0.39 is 6.04 Å². The summed E-state index contributed by atoms with van der Waals surface area (Å²) in [5.41, 5.74) is 6.05. The number of amides is 2. The van der Waals surface area contributed by atoms with Crippen molar-refractivity contribution in [2.45, 2.75) is 58.4 Å². The fourth-order valence-corrected chi connectivity index (χ4v) is 2.89. The highest BCUT2D eigenvalue weighted by Crippen LogP contribution is 2.27. The summed E-state index contributed by atoms with van der Waals surface area (Å²) in [7, 11) is 0. The van der Waals surface area contributed by atoms with Crippen LogP contribution in [0.2, 0.25) is 0 Å². The van der Waals surface area contributed by atoms with Gasteiger partial charge in [0.25, 0.3) is 0 Å². The predicted octanol–water partition coefficient (Wildman–Crippen LogP) is 1.27. The van der Waals surface area contributed by atoms with Gasteiger partial charge in [0.15, 0.2) is 0 Å². The van der Waals surface area contributed by atoms with E-state index in [9.17, 15) is 9.59 Å². The summed E-state index contributed by atoms with van der Waals surface area (Å²) in [6.07, 6.45) is 6.93. The molecule has 1 rings (SSSR count). The van der Waals surface area contributed by atoms with Gasteiger partial charge in [-0.2, -0.15) is 0 Å². The van der Waals surface area contributed by atoms with Gasteiger partial charge in [0, 0.05) is 13.1 Å². The first kappa shape index (κ1) is 17.0. The Morgan fingerprint density at radius 1 is 1.25 bits per heavy atom. The first-order chi connectivity index (χ1) is 9.58. The van der Waals surface area contributed by atoms with Crippen molar-refractivity contribution >= 4 is 11.8 Å². The third-order valence-corrected chi connectivity index (χ3v) is 4.03. The smallest absolute Gasteiger partial charge is 0.239 e. The van der Waals surface area contributed by atoms with E-state index in [0.717, 1.165) is 6.42 Å². The molecule has 0 radical (unpaired) electrons. The Labute approximate surface area is 122 Å². The van der Waals surface area contributed by atoms with Crippen LogP contribution in [0.3, 0.4) is 0 Å². The predicted molar refractivity (Wildman–Crippen MR) is 80.1 cm³/mol. The van der Waals surface area contributed by atoms with E-state index >= 15 is 0 Å². The average Bonchev–Trinajstić information content (AvgIpc) is 2.45. The second-order valence-corrected chi connectivity index (χ2v) is 5.65. The topological polar surface area (TPSA) is 75.4 Å². The van der Waals surface area contributed by atoms with Gasteiger partial charge in [-0.25, -0.2) is 0 Å². The molecule has 1 aliphatic rings. The Morgan fingerprint density at radius 3 is 2.45 bits per heavy atom. The molecule has 1 unspecified atom stereocenters. The van der Waals surface area contributed by atoms with Crippen LogP contribution in [0, 0.1) is 5.92 Å². The summed E-state index contributed by atoms with van der Waals surface area (Å²) in [6.45, 7) is 4.96. The van der Waals surface area contributed by atoms with E-state index in [-0.39, 0.29) is 18.4 Å². The molecule has 0 bridgehead atoms. The van der Waals surface area contributed by atoms with E-state index in [2.05, 4.69) is 5.32 Å². The Morgan fingerprint density at radius 2 is 1.90 bits per heavy atom. The maximum atomic E-state index is 12.3. The van der Waals surface area contributed by atoms with Crippen LogP contribution in [-0.4, -0.2) is 42.4 Å². The first-order valence-electron chi connectivity index (χ1n) is 7.89. The molecule has 20 heavy (non-hydrogen) atoms. The molecule has 0 aliphatic heterocycles. The van der Waals surface area contributed by atoms with Gasteiger partial charge in [-0.1, -0.05) is 32.1 Å². The summed E-state index contributed by atoms with van der Waals surface area (Å²) in [4.78, 5) is 25.4. The van der Waals surface area contributed by atoms with Crippen molar-refractivity contribution in [3.63, 3.8) is 0 Å². The molecule has 1 aliphatic carbocycles. The van der Waals surface area contributed by atoms with Crippen molar-refractivity contribution in [1.29, 1.82) is 0 Å². The van der Waals surface area contributed by atoms with Gasteiger partial charge < -0.3 is 16.0 Å². The molecular weight excluding hydrogens is 254 g/mol. The van der Waals surface area contributed by atoms with Gasteiger partial charge >= 0.3 is 0 Å². The summed E-state index contributed by atoms with van der Waals surface area (Å²) in [5.74, 6) is 0.364. The van der Waals surface area contributed by atoms with Crippen LogP contribution in [-0.2, 0) is 9.59 Å². The lowest BCUT2D eigenvalue weighted by atomic mass is 9.85. The zero-order valence-electron chi connectivity index (χ0n) is 12.9. The molecule has 5 heteroatoms. The lowest BCUT2D eigenvalue weighted by Crippen LogP contribution is -2.48. The number of likely N-dealkylation sites (N-methyl/N-ethyl adjacent to an activating group) is 2. The molecule has 116 valence electrons. The third kappa shape index (κ3) is 5.49. The Hall–Kier alpha value is -1.10. The minimum absolute atomic E-state index is 0.0932. The summed E-state index contributed by atoms with van der Waals surface area (Å²) < 4.78 is 0. The molecule has 1 saturated carbocycles. The van der Waals surface area contributed by atoms with Gasteiger partial charge in [-0.05, 0) is 26.2 Å². The van der Waals surface area contributed by atoms with Crippen molar-refractivity contribution in [2.24, 2.45) is 11.7 Å². The van der Waals surface area contributed by atoms with Crippen LogP contribution in [0.5, 0.6) is 0 Å². The van der Waals surface area contributed by atoms with E-state index in [1.54, 1.807) is 4.90 Å². The Balaban J connectivity index is 2.44. The van der Waals surface area contributed by atoms with Gasteiger partial charge in [-0.3, -0.25) is 9.59 Å². The number of hydrogen-bond acceptors (Lipinski definition) is 3. The van der Waals surface area contributed by atoms with Crippen molar-refractivity contribution < 1.29 is 9.59 Å². The average molecular weight is 283 g/mol. The second kappa shape index (κ2) is 8.95. The van der Waals surface area contributed by atoms with Crippen LogP contribution >= 0.6 is 0 Å². The molecule has 2 amide bonds. The molecule has 0 aromatic carbocycles. The number of carbonyl (C=O) groups excluding carboxylic acids is 2. The number of nitrogens with zero attached hydrogens (tertiary/aromatic N) is 1. The molecule has 0 spiro atoms. The number of carbonyl (C=O) groups is 2. The highest BCUT2D eigenvalue weighted by atomic mass is 16.2. The van der Waals surface area contributed by atoms with Crippen molar-refractivity contribution in [1.82, 2.24) is 10.2 Å². The van der Waals surface area contributed by atoms with Crippen LogP contribution in [0.15, 0.2) is 0 Å². The minimum atomic E-state index is -0.465. The maximum absolute atomic E-state index is 12.3. The standard InChI is InChI=1S/C15H29N3O2/c1-3-17-14(19)11-18(4-2)15(20)13(16)10-12-8-6-5-7-9-12/h12-13H,3-11,16H2,1-2H3,(H,17,19). The first-order valence-corrected chi connectivity index (χ1v) is 7.89. The van der Waals surface area contributed by atoms with Crippen LogP contribution in [0.4, 0.5) is 0 Å². The summed E-state index contributed by atoms with van der Waals surface area (Å²) >= 11 is 0. The fourth-order valence-electron chi connectivity index (χ4n) is 2.89. The van der Waals surface area contributed by atoms with Gasteiger partial charge in [0.05, 0.1) is 12.6 Å². The summed E-state index contributed by atoms with van der Waals surface area (Å²) in [6, 6.07) is -0.465. The Bertz CT molecular complexity index is 314. The highest BCUT2D eigenvalue weighted by molar-refractivity contribution is 5.87. The van der Waals surface area contributed by atoms with E-state index in [0.29, 0.717) is 19.0 Å². The number of hydrogen-bond donors (Lipinski definition) is 2. The molecule has 5 nitrogen and oxygen atoms in total. The third-order valence-electron chi connectivity index (χ3n) is 4.03. The van der Waals surface area contributed by atoms with E-state index in [4.69, 9.17) is 5.73 Å². The normalized spacial score (nSPS) is 17.6. The van der Waals surface area contributed by atoms with E-state index in [1.165, 1.54) is 32.1 Å². The summed E-state index contributed by atoms with van der Waals surface area (Å²) in [5, 5.41) is 2.71. The quantitative estimate of drug-likeness (QED) is 0.739. The maximum Gasteiger partial charge on any atom is 0.239 e. The SMILES string of the molecule is CCNC(=O)CN(CC)C(=O)C(N)CC1CCCCC1. The second-order valence-electron chi connectivity index (χ2n) is 5.65. The lowest BCUT2D eigenvalue weighted by Gasteiger charge is -2.28. The molecule has 3 N–H and O–H groups in total. The Kier molecular flexibility index (Phi) is 7.59. The number of rotatable bonds is 7. The van der Waals surface area contributed by atoms with Gasteiger partial charge in [0.2, 0.25) is 11.8 Å². The van der Waals surface area contributed by atoms with Crippen LogP contribution < -0.4 is 11.1 Å². The number of nitrogens with two attached hydrogens (primary N) is 1. The zero-order valence-corrected chi connectivity index (χ0v) is 12.9. The lowest BCUT2D eigenvalue weighted by molar-refractivity contribution is -0.137. The molecule has 0 aromatic rings. The van der Waals surface area contributed by atoms with Gasteiger partial charge in [-0.15, -0.1) is 0 Å². The van der Waals surface area contributed by atoms with Crippen molar-refractivity contribution in [2.75, 3.05) is 19.6 Å². The van der Waals surface area contributed by atoms with Crippen LogP contribution in [0.25, 0.3) is 0 Å². The monoisotopic (exact) mass is 283 g/mol. The number of nitrogens with one attached hydrogen (secondary N) is 1. The molecule has 1 fully saturated rings. The van der Waals surface area contributed by atoms with Crippen molar-refractivity contribution in [3.8, 4) is 0 Å². The molecule has 0 saturated heterocycles. The largest absolute Gasteiger partial charge is 0.355 e. The molecule has 0 aromatic heterocycles. The van der Waals surface area contributed by atoms with Gasteiger partial charge in [0.1, 0.15) is 0 Å². The van der Waals surface area contributed by atoms with Crippen LogP contribution in [0.1, 0.15) is 52.4 Å².